The van der Waals surface area contributed by atoms with Crippen LogP contribution >= 0.6 is 90.9 Å². The fourth-order valence-electron chi connectivity index (χ4n) is 8.01. The summed E-state index contributed by atoms with van der Waals surface area (Å²) < 4.78 is 66.9. The molecule has 1 radical (unpaired) electrons. The van der Waals surface area contributed by atoms with E-state index >= 15 is 0 Å². The van der Waals surface area contributed by atoms with E-state index in [1.807, 2.05) is 138 Å². The number of carbonyl (C=O) groups excluding carboxylic acids is 5. The van der Waals surface area contributed by atoms with Gasteiger partial charge in [0.05, 0.1) is 80.8 Å². The Morgan fingerprint density at radius 3 is 1.31 bits per heavy atom. The maximum atomic E-state index is 11.7. The van der Waals surface area contributed by atoms with Crippen molar-refractivity contribution in [2.75, 3.05) is 75.5 Å². The van der Waals surface area contributed by atoms with Crippen molar-refractivity contribution in [3.63, 3.8) is 0 Å². The average molecular weight is 1710 g/mol. The minimum atomic E-state index is -3.22. The van der Waals surface area contributed by atoms with Crippen LogP contribution in [0.3, 0.4) is 0 Å². The number of ether oxygens (including phenoxy) is 9. The van der Waals surface area contributed by atoms with Crippen LogP contribution in [0.15, 0.2) is 142 Å². The number of hydrogen-bond acceptors (Lipinski definition) is 27. The Hall–Kier alpha value is -8.62. The Balaban J connectivity index is 0. The van der Waals surface area contributed by atoms with Crippen LogP contribution < -0.4 is 52.2 Å². The number of halogens is 6. The summed E-state index contributed by atoms with van der Waals surface area (Å²) in [7, 11) is 16.9. The standard InChI is InChI=1S/C13H16O5.C12H11Cl2N3O.C12H13N3O3.C10H17BO3.C8H9BrO.C8H10O.C5H8O4.CH5N3.BHNS.Cl3OP/c1-16-11-7-5-4-6-9(11)8-10(12(14)17-2)13(15)18-3;1-18-9-5-3-2-4-7(9)6-8-10(13)16-12(15)17-11(8)14;1-18-9-5-3-2-4-7(9)6-8-10(16)14-12(13)15-11(8)17;1-8(12)6-7-11-13-9(2,3)10(4,5)14-11;1-10-8-5-3-2-4-7(8)6-9;1-7-5-3-4-6-8(7)9-2;1-8-4(6)3-5(7)9-2;2-1(3)4;1-2-3;1-5(2,3)4/h4-7,10H,8H2,1-3H3;2-5H,6H2,1H3,(H2,15,16,17);2-5H,6H2,1H3,(H4,13,14,15,16,17);6-7H,1-5H3;2-5H,6H2,1H3;3-6H,1-2H3;3H2,1-2H3;(H5,2,3,4);3H;/b;;;7-6+;;;;;;. The monoisotopic (exact) mass is 1700 g/mol. The molecule has 0 saturated carbocycles. The van der Waals surface area contributed by atoms with Crippen LogP contribution in [0, 0.1) is 18.3 Å². The van der Waals surface area contributed by atoms with Gasteiger partial charge in [0, 0.05) is 29.3 Å². The number of H-pyrrole nitrogens is 1. The van der Waals surface area contributed by atoms with Crippen molar-refractivity contribution in [3.8, 4) is 34.6 Å². The van der Waals surface area contributed by atoms with E-state index in [9.17, 15) is 38.4 Å². The van der Waals surface area contributed by atoms with Crippen LogP contribution in [0.1, 0.15) is 80.0 Å². The number of para-hydroxylation sites is 5. The van der Waals surface area contributed by atoms with Gasteiger partial charge in [-0.2, -0.15) is 4.98 Å². The number of allylic oxidation sites excluding steroid dienone is 1. The number of hydrogen-bond donors (Lipinski definition) is 8. The molecule has 0 bridgehead atoms. The van der Waals surface area contributed by atoms with Crippen molar-refractivity contribution >= 4 is 153 Å². The number of thiol groups is 1. The van der Waals surface area contributed by atoms with Crippen LogP contribution in [0.2, 0.25) is 10.3 Å². The Kier molecular flexibility index (Phi) is 51.5. The molecular formula is C69H90B2BrCl5N10O19PS. The molecule has 5 aromatic carbocycles. The first-order chi connectivity index (χ1) is 50.7. The first-order valence-corrected chi connectivity index (χ1v) is 37.7. The van der Waals surface area contributed by atoms with Gasteiger partial charge < -0.3 is 80.0 Å². The van der Waals surface area contributed by atoms with Crippen molar-refractivity contribution in [2.45, 2.75) is 83.8 Å². The number of nitrogens with zero attached hydrogens (tertiary/aromatic N) is 4. The number of benzene rings is 5. The first-order valence-electron chi connectivity index (χ1n) is 31.0. The normalized spacial score (nSPS) is 11.5. The number of alkyl halides is 1. The molecule has 39 heteroatoms. The summed E-state index contributed by atoms with van der Waals surface area (Å²) in [5.74, 6) is 1.47. The molecule has 1 aliphatic rings. The molecule has 589 valence electrons. The molecule has 1 fully saturated rings. The van der Waals surface area contributed by atoms with Gasteiger partial charge in [-0.1, -0.05) is 136 Å². The molecule has 0 spiro atoms. The number of anilines is 2. The summed E-state index contributed by atoms with van der Waals surface area (Å²) in [4.78, 5) is 79.8. The van der Waals surface area contributed by atoms with Crippen molar-refractivity contribution in [2.24, 2.45) is 21.7 Å². The summed E-state index contributed by atoms with van der Waals surface area (Å²) in [5.41, 5.74) is 24.3. The van der Waals surface area contributed by atoms with Gasteiger partial charge in [-0.15, -0.1) is 0 Å². The van der Waals surface area contributed by atoms with E-state index in [4.69, 9.17) is 73.1 Å². The second kappa shape index (κ2) is 54.9. The Bertz CT molecular complexity index is 4000. The van der Waals surface area contributed by atoms with Crippen molar-refractivity contribution in [1.82, 2.24) is 19.9 Å². The number of ketones is 1. The van der Waals surface area contributed by atoms with Gasteiger partial charge in [0.15, 0.2) is 17.7 Å². The van der Waals surface area contributed by atoms with Crippen LogP contribution in [-0.4, -0.2) is 151 Å². The number of aromatic hydroxyl groups is 1. The van der Waals surface area contributed by atoms with Crippen LogP contribution in [0.4, 0.5) is 11.9 Å². The molecule has 108 heavy (non-hydrogen) atoms. The van der Waals surface area contributed by atoms with Gasteiger partial charge >= 0.3 is 60.9 Å². The summed E-state index contributed by atoms with van der Waals surface area (Å²) in [5, 5.41) is 13.8. The molecule has 1 aliphatic heterocycles. The van der Waals surface area contributed by atoms with E-state index in [1.165, 1.54) is 59.7 Å². The number of aryl methyl sites for hydroxylation is 1. The van der Waals surface area contributed by atoms with Crippen molar-refractivity contribution in [3.05, 3.63) is 193 Å². The summed E-state index contributed by atoms with van der Waals surface area (Å²) in [6.45, 7) is 11.5. The predicted molar refractivity (Wildman–Crippen MR) is 430 cm³/mol. The number of carbonyl (C=O) groups is 5. The number of guanidine groups is 1. The molecule has 2 aromatic heterocycles. The fourth-order valence-corrected chi connectivity index (χ4v) is 9.01. The van der Waals surface area contributed by atoms with Crippen molar-refractivity contribution in [1.29, 1.82) is 5.41 Å². The zero-order valence-corrected chi connectivity index (χ0v) is 69.2. The summed E-state index contributed by atoms with van der Waals surface area (Å²) in [6.07, 6.45) is 2.05. The van der Waals surface area contributed by atoms with Gasteiger partial charge in [0.1, 0.15) is 45.5 Å². The number of aromatic nitrogens is 4. The van der Waals surface area contributed by atoms with Crippen LogP contribution in [-0.2, 0) is 81.4 Å². The molecule has 0 atom stereocenters. The van der Waals surface area contributed by atoms with Crippen LogP contribution in [0.25, 0.3) is 0 Å². The third-order valence-electron chi connectivity index (χ3n) is 13.8. The Morgan fingerprint density at radius 2 is 0.981 bits per heavy atom. The summed E-state index contributed by atoms with van der Waals surface area (Å²) in [6, 6.07) is 37.9. The van der Waals surface area contributed by atoms with E-state index in [2.05, 4.69) is 125 Å². The number of nitrogens with one attached hydrogen (secondary N) is 2. The van der Waals surface area contributed by atoms with E-state index in [1.54, 1.807) is 52.6 Å². The second-order valence-electron chi connectivity index (χ2n) is 21.8. The molecule has 8 rings (SSSR count). The molecule has 0 unspecified atom stereocenters. The summed E-state index contributed by atoms with van der Waals surface area (Å²) >= 11 is 32.5. The van der Waals surface area contributed by atoms with Gasteiger partial charge in [-0.3, -0.25) is 43.7 Å². The van der Waals surface area contributed by atoms with E-state index in [0.717, 1.165) is 39.3 Å². The molecule has 29 nitrogen and oxygen atoms in total. The van der Waals surface area contributed by atoms with Gasteiger partial charge in [-0.05, 0) is 140 Å². The van der Waals surface area contributed by atoms with Gasteiger partial charge in [0.2, 0.25) is 17.8 Å². The zero-order chi connectivity index (χ0) is 82.9. The number of nitrogens with two attached hydrogens (primary N) is 4. The molecule has 7 aromatic rings. The SMILES string of the molecule is CC(=O)/C=C/B1OC(C)(C)C(C)(C)O1.COC(=O)C(Cc1ccccc1OC)C(=O)OC.COC(=O)CC(=O)OC.COc1ccccc1C.COc1ccccc1CBr.COc1ccccc1Cc1c(Cl)nc(N)nc1Cl.COc1ccccc1Cc1c(O)nc(N)[nH]c1=O.N=C(N)N.O=P(Cl)(Cl)Cl.[B]=NS. The topological polar surface area (TPSA) is 436 Å². The Morgan fingerprint density at radius 1 is 0.648 bits per heavy atom. The number of methoxy groups -OCH3 is 9. The van der Waals surface area contributed by atoms with E-state index < -0.39 is 47.7 Å². The third kappa shape index (κ3) is 42.2. The predicted octanol–water partition coefficient (Wildman–Crippen LogP) is 12.7. The van der Waals surface area contributed by atoms with E-state index in [-0.39, 0.29) is 75.9 Å². The number of esters is 4. The molecule has 0 amide bonds. The third-order valence-corrected chi connectivity index (χ3v) is 15.0. The zero-order valence-electron chi connectivity index (χ0n) is 62.0. The molecular weight excluding hydrogens is 1610 g/mol. The van der Waals surface area contributed by atoms with Crippen LogP contribution in [0.5, 0.6) is 34.6 Å². The molecule has 11 N–H and O–H groups in total. The Labute approximate surface area is 668 Å². The minimum absolute atomic E-state index is 0.000266. The average Bonchev–Trinajstić information content (AvgIpc) is 1.62. The molecule has 0 aliphatic carbocycles. The molecule has 3 heterocycles. The van der Waals surface area contributed by atoms with E-state index in [0.29, 0.717) is 23.5 Å². The number of aromatic amines is 1. The quantitative estimate of drug-likeness (QED) is 0.00338. The number of rotatable bonds is 18. The second-order valence-corrected chi connectivity index (χ2v) is 29.9. The van der Waals surface area contributed by atoms with Gasteiger partial charge in [0.25, 0.3) is 5.56 Å². The maximum absolute atomic E-state index is 11.7. The number of nitrogen functional groups attached to an aromatic ring is 2. The first kappa shape index (κ1) is 101. The van der Waals surface area contributed by atoms with Crippen molar-refractivity contribution < 1.29 is 85.6 Å². The molecule has 1 saturated heterocycles. The fraction of sp³-hybridized carbons (Fsp3) is 0.333. The van der Waals surface area contributed by atoms with Gasteiger partial charge in [-0.25, -0.2) is 9.97 Å².